The lowest BCUT2D eigenvalue weighted by Crippen LogP contribution is -2.14. The second-order valence-electron chi connectivity index (χ2n) is 4.22. The fraction of sp³-hybridized carbons (Fsp3) is 0.0714. The summed E-state index contributed by atoms with van der Waals surface area (Å²) in [6.45, 7) is 0.188. The van der Waals surface area contributed by atoms with Gasteiger partial charge in [-0.25, -0.2) is 0 Å². The Hall–Kier alpha value is -2.40. The number of anilines is 2. The van der Waals surface area contributed by atoms with E-state index in [1.165, 1.54) is 0 Å². The van der Waals surface area contributed by atoms with Gasteiger partial charge >= 0.3 is 0 Å². The number of para-hydroxylation sites is 1. The van der Waals surface area contributed by atoms with Gasteiger partial charge in [0.25, 0.3) is 5.91 Å². The van der Waals surface area contributed by atoms with E-state index < -0.39 is 0 Å². The summed E-state index contributed by atoms with van der Waals surface area (Å²) >= 11 is 5.90. The SMILES string of the molecule is Nc1c(Cl)cccc1C(=O)Nc1ccc2c(c1)OCO2. The van der Waals surface area contributed by atoms with Gasteiger partial charge in [-0.15, -0.1) is 0 Å². The Morgan fingerprint density at radius 3 is 2.85 bits per heavy atom. The molecule has 6 heteroatoms. The molecule has 102 valence electrons. The topological polar surface area (TPSA) is 73.6 Å². The summed E-state index contributed by atoms with van der Waals surface area (Å²) in [5.41, 5.74) is 6.97. The van der Waals surface area contributed by atoms with Gasteiger partial charge in [0.1, 0.15) is 0 Å². The monoisotopic (exact) mass is 290 g/mol. The maximum Gasteiger partial charge on any atom is 0.257 e. The normalized spacial score (nSPS) is 12.2. The minimum absolute atomic E-state index is 0.188. The summed E-state index contributed by atoms with van der Waals surface area (Å²) in [7, 11) is 0. The van der Waals surface area contributed by atoms with E-state index in [-0.39, 0.29) is 18.4 Å². The molecule has 5 nitrogen and oxygen atoms in total. The number of ether oxygens (including phenoxy) is 2. The summed E-state index contributed by atoms with van der Waals surface area (Å²) < 4.78 is 10.5. The number of fused-ring (bicyclic) bond motifs is 1. The summed E-state index contributed by atoms with van der Waals surface area (Å²) in [4.78, 5) is 12.2. The lowest BCUT2D eigenvalue weighted by atomic mass is 10.1. The number of hydrogen-bond acceptors (Lipinski definition) is 4. The van der Waals surface area contributed by atoms with Crippen molar-refractivity contribution in [3.8, 4) is 11.5 Å². The Bertz CT molecular complexity index is 688. The molecule has 1 amide bonds. The summed E-state index contributed by atoms with van der Waals surface area (Å²) in [5.74, 6) is 0.927. The quantitative estimate of drug-likeness (QED) is 0.834. The van der Waals surface area contributed by atoms with E-state index in [2.05, 4.69) is 5.32 Å². The van der Waals surface area contributed by atoms with Crippen LogP contribution in [-0.2, 0) is 0 Å². The standard InChI is InChI=1S/C14H11ClN2O3/c15-10-3-1-2-9(13(10)16)14(18)17-8-4-5-11-12(6-8)20-7-19-11/h1-6H,7,16H2,(H,17,18). The third-order valence-electron chi connectivity index (χ3n) is 2.93. The second-order valence-corrected chi connectivity index (χ2v) is 4.63. The van der Waals surface area contributed by atoms with E-state index in [0.29, 0.717) is 27.8 Å². The van der Waals surface area contributed by atoms with Crippen LogP contribution in [0.15, 0.2) is 36.4 Å². The van der Waals surface area contributed by atoms with Crippen LogP contribution >= 0.6 is 11.6 Å². The van der Waals surface area contributed by atoms with Crippen LogP contribution in [0.25, 0.3) is 0 Å². The van der Waals surface area contributed by atoms with Crippen LogP contribution in [-0.4, -0.2) is 12.7 Å². The predicted octanol–water partition coefficient (Wildman–Crippen LogP) is 2.90. The number of rotatable bonds is 2. The highest BCUT2D eigenvalue weighted by Gasteiger charge is 2.16. The average molecular weight is 291 g/mol. The zero-order valence-corrected chi connectivity index (χ0v) is 11.1. The molecular weight excluding hydrogens is 280 g/mol. The molecule has 0 spiro atoms. The number of amides is 1. The molecule has 1 heterocycles. The maximum atomic E-state index is 12.2. The van der Waals surface area contributed by atoms with E-state index in [9.17, 15) is 4.79 Å². The first-order chi connectivity index (χ1) is 9.65. The molecule has 1 aliphatic rings. The molecule has 3 rings (SSSR count). The van der Waals surface area contributed by atoms with Gasteiger partial charge in [0, 0.05) is 11.8 Å². The highest BCUT2D eigenvalue weighted by atomic mass is 35.5. The van der Waals surface area contributed by atoms with Gasteiger partial charge in [0.2, 0.25) is 6.79 Å². The first kappa shape index (κ1) is 12.6. The van der Waals surface area contributed by atoms with Crippen molar-refractivity contribution in [2.75, 3.05) is 17.8 Å². The lowest BCUT2D eigenvalue weighted by Gasteiger charge is -2.09. The zero-order chi connectivity index (χ0) is 14.1. The molecule has 3 N–H and O–H groups in total. The van der Waals surface area contributed by atoms with Crippen LogP contribution in [0.2, 0.25) is 5.02 Å². The molecule has 1 aliphatic heterocycles. The molecule has 0 bridgehead atoms. The summed E-state index contributed by atoms with van der Waals surface area (Å²) in [6.07, 6.45) is 0. The Kier molecular flexibility index (Phi) is 3.12. The molecule has 2 aromatic carbocycles. The third kappa shape index (κ3) is 2.23. The van der Waals surface area contributed by atoms with Gasteiger partial charge in [-0.1, -0.05) is 17.7 Å². The van der Waals surface area contributed by atoms with Gasteiger partial charge in [-0.3, -0.25) is 4.79 Å². The minimum Gasteiger partial charge on any atom is -0.454 e. The number of hydrogen-bond donors (Lipinski definition) is 2. The van der Waals surface area contributed by atoms with Crippen LogP contribution in [0.5, 0.6) is 11.5 Å². The first-order valence-electron chi connectivity index (χ1n) is 5.90. The highest BCUT2D eigenvalue weighted by Crippen LogP contribution is 2.34. The Balaban J connectivity index is 1.84. The molecule has 0 fully saturated rings. The lowest BCUT2D eigenvalue weighted by molar-refractivity contribution is 0.102. The van der Waals surface area contributed by atoms with Crippen molar-refractivity contribution < 1.29 is 14.3 Å². The molecular formula is C14H11ClN2O3. The number of carbonyl (C=O) groups is 1. The van der Waals surface area contributed by atoms with Crippen molar-refractivity contribution >= 4 is 28.9 Å². The van der Waals surface area contributed by atoms with Gasteiger partial charge in [0.05, 0.1) is 16.3 Å². The number of carbonyl (C=O) groups excluding carboxylic acids is 1. The van der Waals surface area contributed by atoms with Crippen LogP contribution < -0.4 is 20.5 Å². The zero-order valence-electron chi connectivity index (χ0n) is 10.4. The number of nitrogens with one attached hydrogen (secondary N) is 1. The minimum atomic E-state index is -0.330. The molecule has 0 unspecified atom stereocenters. The fourth-order valence-corrected chi connectivity index (χ4v) is 2.08. The maximum absolute atomic E-state index is 12.2. The van der Waals surface area contributed by atoms with Crippen LogP contribution in [0.4, 0.5) is 11.4 Å². The van der Waals surface area contributed by atoms with Crippen molar-refractivity contribution in [3.05, 3.63) is 47.0 Å². The van der Waals surface area contributed by atoms with Crippen molar-refractivity contribution in [1.82, 2.24) is 0 Å². The molecule has 0 atom stereocenters. The van der Waals surface area contributed by atoms with E-state index in [4.69, 9.17) is 26.8 Å². The summed E-state index contributed by atoms with van der Waals surface area (Å²) in [6, 6.07) is 10.1. The van der Waals surface area contributed by atoms with E-state index in [1.807, 2.05) is 0 Å². The van der Waals surface area contributed by atoms with E-state index in [0.717, 1.165) is 0 Å². The van der Waals surface area contributed by atoms with Gasteiger partial charge in [0.15, 0.2) is 11.5 Å². The fourth-order valence-electron chi connectivity index (χ4n) is 1.91. The Labute approximate surface area is 120 Å². The molecule has 0 aromatic heterocycles. The van der Waals surface area contributed by atoms with Gasteiger partial charge < -0.3 is 20.5 Å². The molecule has 20 heavy (non-hydrogen) atoms. The molecule has 0 aliphatic carbocycles. The van der Waals surface area contributed by atoms with Crippen LogP contribution in [0, 0.1) is 0 Å². The molecule has 2 aromatic rings. The molecule has 0 saturated heterocycles. The second kappa shape index (κ2) is 4.94. The largest absolute Gasteiger partial charge is 0.454 e. The van der Waals surface area contributed by atoms with E-state index >= 15 is 0 Å². The third-order valence-corrected chi connectivity index (χ3v) is 3.26. The number of nitrogen functional groups attached to an aromatic ring is 1. The smallest absolute Gasteiger partial charge is 0.257 e. The Morgan fingerprint density at radius 2 is 2.00 bits per heavy atom. The van der Waals surface area contributed by atoms with Gasteiger partial charge in [-0.05, 0) is 24.3 Å². The van der Waals surface area contributed by atoms with Gasteiger partial charge in [-0.2, -0.15) is 0 Å². The average Bonchev–Trinajstić information content (AvgIpc) is 2.89. The predicted molar refractivity (Wildman–Crippen MR) is 76.4 cm³/mol. The van der Waals surface area contributed by atoms with Crippen molar-refractivity contribution in [1.29, 1.82) is 0 Å². The van der Waals surface area contributed by atoms with Crippen molar-refractivity contribution in [2.24, 2.45) is 0 Å². The molecule has 0 radical (unpaired) electrons. The number of halogens is 1. The highest BCUT2D eigenvalue weighted by molar-refractivity contribution is 6.34. The Morgan fingerprint density at radius 1 is 1.20 bits per heavy atom. The van der Waals surface area contributed by atoms with Crippen molar-refractivity contribution in [2.45, 2.75) is 0 Å². The van der Waals surface area contributed by atoms with Crippen molar-refractivity contribution in [3.63, 3.8) is 0 Å². The van der Waals surface area contributed by atoms with E-state index in [1.54, 1.807) is 36.4 Å². The summed E-state index contributed by atoms with van der Waals surface area (Å²) in [5, 5.41) is 3.09. The van der Waals surface area contributed by atoms with Crippen LogP contribution in [0.3, 0.4) is 0 Å². The number of benzene rings is 2. The molecule has 0 saturated carbocycles. The first-order valence-corrected chi connectivity index (χ1v) is 6.28. The van der Waals surface area contributed by atoms with Crippen LogP contribution in [0.1, 0.15) is 10.4 Å². The number of nitrogens with two attached hydrogens (primary N) is 1.